The van der Waals surface area contributed by atoms with E-state index in [1.54, 1.807) is 19.2 Å². The molecule has 1 N–H and O–H groups in total. The van der Waals surface area contributed by atoms with E-state index < -0.39 is 4.92 Å². The summed E-state index contributed by atoms with van der Waals surface area (Å²) in [6.45, 7) is 6.37. The van der Waals surface area contributed by atoms with E-state index in [1.165, 1.54) is 6.07 Å². The number of rotatable bonds is 8. The molecule has 1 aromatic carbocycles. The van der Waals surface area contributed by atoms with Crippen molar-refractivity contribution in [2.24, 2.45) is 0 Å². The highest BCUT2D eigenvalue weighted by Gasteiger charge is 2.17. The first-order chi connectivity index (χ1) is 9.43. The maximum absolute atomic E-state index is 11.0. The van der Waals surface area contributed by atoms with Crippen molar-refractivity contribution in [3.63, 3.8) is 0 Å². The van der Waals surface area contributed by atoms with Crippen LogP contribution in [0.15, 0.2) is 18.2 Å². The molecule has 0 amide bonds. The second-order valence-electron chi connectivity index (χ2n) is 4.93. The van der Waals surface area contributed by atoms with Gasteiger partial charge in [0, 0.05) is 37.6 Å². The molecule has 0 fully saturated rings. The van der Waals surface area contributed by atoms with Crippen molar-refractivity contribution >= 4 is 11.4 Å². The molecule has 0 radical (unpaired) electrons. The van der Waals surface area contributed by atoms with E-state index in [0.717, 1.165) is 12.1 Å². The Morgan fingerprint density at radius 3 is 2.60 bits per heavy atom. The Hall–Kier alpha value is -1.82. The molecule has 6 nitrogen and oxygen atoms in total. The van der Waals surface area contributed by atoms with Gasteiger partial charge in [-0.3, -0.25) is 10.1 Å². The number of nitrogens with zero attached hydrogens (tertiary/aromatic N) is 1. The molecule has 0 saturated heterocycles. The maximum atomic E-state index is 11.0. The van der Waals surface area contributed by atoms with Gasteiger partial charge in [0.1, 0.15) is 0 Å². The molecule has 0 aliphatic heterocycles. The highest BCUT2D eigenvalue weighted by molar-refractivity contribution is 5.58. The third kappa shape index (κ3) is 5.05. The number of nitro benzene ring substituents is 1. The van der Waals surface area contributed by atoms with E-state index >= 15 is 0 Å². The van der Waals surface area contributed by atoms with Crippen LogP contribution in [0.1, 0.15) is 27.2 Å². The molecule has 112 valence electrons. The van der Waals surface area contributed by atoms with E-state index in [4.69, 9.17) is 9.47 Å². The number of nitrogens with one attached hydrogen (secondary N) is 1. The van der Waals surface area contributed by atoms with Crippen LogP contribution in [-0.2, 0) is 4.74 Å². The third-order valence-electron chi connectivity index (χ3n) is 2.69. The Labute approximate surface area is 119 Å². The summed E-state index contributed by atoms with van der Waals surface area (Å²) < 4.78 is 10.5. The average molecular weight is 282 g/mol. The van der Waals surface area contributed by atoms with Crippen molar-refractivity contribution in [3.8, 4) is 5.75 Å². The third-order valence-corrected chi connectivity index (χ3v) is 2.69. The molecular weight excluding hydrogens is 260 g/mol. The molecule has 1 atom stereocenters. The minimum absolute atomic E-state index is 0.0196. The summed E-state index contributed by atoms with van der Waals surface area (Å²) in [5, 5.41) is 14.2. The van der Waals surface area contributed by atoms with Gasteiger partial charge in [-0.2, -0.15) is 0 Å². The van der Waals surface area contributed by atoms with Crippen molar-refractivity contribution in [2.75, 3.05) is 19.0 Å². The van der Waals surface area contributed by atoms with E-state index in [2.05, 4.69) is 5.32 Å². The average Bonchev–Trinajstić information content (AvgIpc) is 2.35. The number of hydrogen-bond donors (Lipinski definition) is 1. The molecule has 6 heteroatoms. The van der Waals surface area contributed by atoms with Crippen molar-refractivity contribution in [1.29, 1.82) is 0 Å². The zero-order chi connectivity index (χ0) is 15.1. The summed E-state index contributed by atoms with van der Waals surface area (Å²) in [5.41, 5.74) is 0.781. The fourth-order valence-corrected chi connectivity index (χ4v) is 1.75. The number of ether oxygens (including phenoxy) is 2. The normalized spacial score (nSPS) is 12.2. The number of hydrogen-bond acceptors (Lipinski definition) is 5. The van der Waals surface area contributed by atoms with Crippen LogP contribution < -0.4 is 10.1 Å². The fraction of sp³-hybridized carbons (Fsp3) is 0.571. The molecule has 0 bridgehead atoms. The van der Waals surface area contributed by atoms with Crippen LogP contribution in [-0.4, -0.2) is 30.8 Å². The second-order valence-corrected chi connectivity index (χ2v) is 4.93. The molecule has 0 aromatic heterocycles. The monoisotopic (exact) mass is 282 g/mol. The number of anilines is 1. The van der Waals surface area contributed by atoms with Crippen LogP contribution in [0.2, 0.25) is 0 Å². The molecule has 0 saturated carbocycles. The van der Waals surface area contributed by atoms with Gasteiger partial charge in [0.05, 0.1) is 11.0 Å². The predicted octanol–water partition coefficient (Wildman–Crippen LogP) is 3.22. The zero-order valence-corrected chi connectivity index (χ0v) is 12.4. The highest BCUT2D eigenvalue weighted by atomic mass is 16.6. The van der Waals surface area contributed by atoms with E-state index in [1.807, 2.05) is 20.8 Å². The summed E-state index contributed by atoms with van der Waals surface area (Å²) in [4.78, 5) is 10.5. The SMILES string of the molecule is COCCC(C)Nc1ccc([N+](=O)[O-])c(OC(C)C)c1. The predicted molar refractivity (Wildman–Crippen MR) is 78.4 cm³/mol. The van der Waals surface area contributed by atoms with Crippen LogP contribution in [0.3, 0.4) is 0 Å². The lowest BCUT2D eigenvalue weighted by atomic mass is 10.2. The number of methoxy groups -OCH3 is 1. The minimum atomic E-state index is -0.435. The van der Waals surface area contributed by atoms with Gasteiger partial charge in [0.15, 0.2) is 5.75 Å². The molecule has 0 spiro atoms. The first-order valence-electron chi connectivity index (χ1n) is 6.64. The summed E-state index contributed by atoms with van der Waals surface area (Å²) in [6, 6.07) is 5.03. The minimum Gasteiger partial charge on any atom is -0.484 e. The second kappa shape index (κ2) is 7.69. The topological polar surface area (TPSA) is 73.6 Å². The quantitative estimate of drug-likeness (QED) is 0.585. The smallest absolute Gasteiger partial charge is 0.311 e. The molecule has 0 aliphatic carbocycles. The van der Waals surface area contributed by atoms with Gasteiger partial charge in [0.2, 0.25) is 0 Å². The number of benzene rings is 1. The van der Waals surface area contributed by atoms with Gasteiger partial charge >= 0.3 is 5.69 Å². The van der Waals surface area contributed by atoms with E-state index in [9.17, 15) is 10.1 Å². The Balaban J connectivity index is 2.85. The lowest BCUT2D eigenvalue weighted by Gasteiger charge is -2.16. The Morgan fingerprint density at radius 1 is 1.35 bits per heavy atom. The Morgan fingerprint density at radius 2 is 2.05 bits per heavy atom. The van der Waals surface area contributed by atoms with Gasteiger partial charge in [-0.25, -0.2) is 0 Å². The maximum Gasteiger partial charge on any atom is 0.311 e. The molecule has 1 aromatic rings. The highest BCUT2D eigenvalue weighted by Crippen LogP contribution is 2.31. The van der Waals surface area contributed by atoms with Crippen molar-refractivity contribution < 1.29 is 14.4 Å². The van der Waals surface area contributed by atoms with Crippen molar-refractivity contribution in [1.82, 2.24) is 0 Å². The summed E-state index contributed by atoms with van der Waals surface area (Å²) >= 11 is 0. The van der Waals surface area contributed by atoms with Crippen molar-refractivity contribution in [3.05, 3.63) is 28.3 Å². The lowest BCUT2D eigenvalue weighted by Crippen LogP contribution is -2.17. The van der Waals surface area contributed by atoms with Gasteiger partial charge < -0.3 is 14.8 Å². The van der Waals surface area contributed by atoms with Gasteiger partial charge in [-0.15, -0.1) is 0 Å². The first kappa shape index (κ1) is 16.2. The van der Waals surface area contributed by atoms with Crippen molar-refractivity contribution in [2.45, 2.75) is 39.3 Å². The summed E-state index contributed by atoms with van der Waals surface area (Å²) in [6.07, 6.45) is 0.739. The molecule has 1 rings (SSSR count). The molecule has 1 unspecified atom stereocenters. The van der Waals surface area contributed by atoms with Crippen LogP contribution in [0.5, 0.6) is 5.75 Å². The van der Waals surface area contributed by atoms with Gasteiger partial charge in [-0.05, 0) is 33.3 Å². The molecular formula is C14H22N2O4. The van der Waals surface area contributed by atoms with Crippen LogP contribution in [0, 0.1) is 10.1 Å². The number of nitro groups is 1. The largest absolute Gasteiger partial charge is 0.484 e. The van der Waals surface area contributed by atoms with Gasteiger partial charge in [-0.1, -0.05) is 0 Å². The van der Waals surface area contributed by atoms with Crippen LogP contribution in [0.25, 0.3) is 0 Å². The van der Waals surface area contributed by atoms with Crippen LogP contribution in [0.4, 0.5) is 11.4 Å². The summed E-state index contributed by atoms with van der Waals surface area (Å²) in [5.74, 6) is 0.286. The Kier molecular flexibility index (Phi) is 6.24. The lowest BCUT2D eigenvalue weighted by molar-refractivity contribution is -0.386. The van der Waals surface area contributed by atoms with Gasteiger partial charge in [0.25, 0.3) is 0 Å². The standard InChI is InChI=1S/C14H22N2O4/c1-10(2)20-14-9-12(5-6-13(14)16(17)18)15-11(3)7-8-19-4/h5-6,9-11,15H,7-8H2,1-4H3. The van der Waals surface area contributed by atoms with E-state index in [-0.39, 0.29) is 23.6 Å². The molecule has 0 aliphatic rings. The zero-order valence-electron chi connectivity index (χ0n) is 12.4. The Bertz CT molecular complexity index is 449. The molecule has 20 heavy (non-hydrogen) atoms. The summed E-state index contributed by atoms with van der Waals surface area (Å²) in [7, 11) is 1.66. The first-order valence-corrected chi connectivity index (χ1v) is 6.64. The fourth-order valence-electron chi connectivity index (χ4n) is 1.75. The molecule has 0 heterocycles. The van der Waals surface area contributed by atoms with Crippen LogP contribution >= 0.6 is 0 Å². The van der Waals surface area contributed by atoms with E-state index in [0.29, 0.717) is 6.61 Å².